The van der Waals surface area contributed by atoms with Gasteiger partial charge in [0.05, 0.1) is 19.1 Å². The van der Waals surface area contributed by atoms with E-state index in [0.717, 1.165) is 32.4 Å². The Morgan fingerprint density at radius 2 is 1.92 bits per heavy atom. The molecule has 1 amide bonds. The van der Waals surface area contributed by atoms with E-state index in [0.29, 0.717) is 0 Å². The van der Waals surface area contributed by atoms with Crippen molar-refractivity contribution in [1.82, 2.24) is 4.98 Å². The van der Waals surface area contributed by atoms with E-state index in [-0.39, 0.29) is 16.9 Å². The molecule has 8 nitrogen and oxygen atoms in total. The quantitative estimate of drug-likeness (QED) is 0.421. The Labute approximate surface area is 203 Å². The van der Waals surface area contributed by atoms with Crippen LogP contribution in [0.4, 0.5) is 27.6 Å². The summed E-state index contributed by atoms with van der Waals surface area (Å²) in [6, 6.07) is 4.36. The number of halogens is 5. The first kappa shape index (κ1) is 27.7. The Hall–Kier alpha value is -2.84. The summed E-state index contributed by atoms with van der Waals surface area (Å²) in [6.45, 7) is 1.52. The van der Waals surface area contributed by atoms with Gasteiger partial charge in [-0.1, -0.05) is 13.0 Å². The fourth-order valence-electron chi connectivity index (χ4n) is 4.06. The molecule has 1 fully saturated rings. The molecule has 2 aromatic rings. The number of carbonyl (C=O) groups excluding carboxylic acids is 1. The summed E-state index contributed by atoms with van der Waals surface area (Å²) < 4.78 is 108. The van der Waals surface area contributed by atoms with Gasteiger partial charge in [-0.2, -0.15) is 26.0 Å². The van der Waals surface area contributed by atoms with Crippen LogP contribution < -0.4 is 10.1 Å². The number of benzene rings is 1. The molecule has 1 saturated heterocycles. The van der Waals surface area contributed by atoms with Crippen LogP contribution in [0.2, 0.25) is 0 Å². The van der Waals surface area contributed by atoms with E-state index in [1.165, 1.54) is 25.3 Å². The zero-order chi connectivity index (χ0) is 27.1. The second-order valence-corrected chi connectivity index (χ2v) is 10.1. The Kier molecular flexibility index (Phi) is 7.63. The van der Waals surface area contributed by atoms with Gasteiger partial charge in [-0.05, 0) is 25.1 Å². The lowest BCUT2D eigenvalue weighted by atomic mass is 9.77. The lowest BCUT2D eigenvalue weighted by Crippen LogP contribution is -2.47. The first-order valence-corrected chi connectivity index (χ1v) is 12.3. The average Bonchev–Trinajstić information content (AvgIpc) is 3.06. The van der Waals surface area contributed by atoms with Crippen molar-refractivity contribution in [2.45, 2.75) is 44.3 Å². The number of nitrogens with one attached hydrogen (secondary N) is 1. The van der Waals surface area contributed by atoms with Gasteiger partial charge < -0.3 is 14.8 Å². The van der Waals surface area contributed by atoms with Crippen molar-refractivity contribution in [3.8, 4) is 5.75 Å². The van der Waals surface area contributed by atoms with Gasteiger partial charge >= 0.3 is 6.18 Å². The molecular weight excluding hydrogens is 515 g/mol. The smallest absolute Gasteiger partial charge is 0.417 e. The molecule has 0 spiro atoms. The standard InChI is InChI=1S/C22H23F5N2O6S/c1-11-16(14-5-6-15(23)17(24)18(14)33-3)19(35-21(11,2)22(25,26)27)20(30)29-12-7-8-28-13(9-12)10-34-36(4,31)32/h5-9,11,16,19H,10H2,1-4H3,(H,28,29,30)/t11-,16-,19+,21+/m0/s1. The fourth-order valence-corrected chi connectivity index (χ4v) is 4.39. The summed E-state index contributed by atoms with van der Waals surface area (Å²) in [5, 5.41) is 2.41. The summed E-state index contributed by atoms with van der Waals surface area (Å²) >= 11 is 0. The highest BCUT2D eigenvalue weighted by Gasteiger charge is 2.65. The number of alkyl halides is 3. The van der Waals surface area contributed by atoms with Crippen molar-refractivity contribution < 1.29 is 48.8 Å². The zero-order valence-electron chi connectivity index (χ0n) is 19.5. The molecule has 14 heteroatoms. The SMILES string of the molecule is COc1c([C@H]2[C@H](C(=O)Nc3ccnc(COS(C)(=O)=O)c3)O[C@@](C)(C(F)(F)F)[C@H]2C)ccc(F)c1F. The van der Waals surface area contributed by atoms with Crippen LogP contribution in [0.15, 0.2) is 30.5 Å². The maximum absolute atomic E-state index is 14.4. The molecule has 1 aromatic heterocycles. The maximum Gasteiger partial charge on any atom is 0.417 e. The third-order valence-electron chi connectivity index (χ3n) is 6.08. The summed E-state index contributed by atoms with van der Waals surface area (Å²) in [7, 11) is -2.75. The number of hydrogen-bond donors (Lipinski definition) is 1. The van der Waals surface area contributed by atoms with Gasteiger partial charge in [-0.3, -0.25) is 14.0 Å². The lowest BCUT2D eigenvalue weighted by molar-refractivity contribution is -0.272. The molecule has 0 saturated carbocycles. The molecule has 0 bridgehead atoms. The Bertz CT molecular complexity index is 1260. The first-order valence-electron chi connectivity index (χ1n) is 10.5. The third-order valence-corrected chi connectivity index (χ3v) is 6.62. The highest BCUT2D eigenvalue weighted by Crippen LogP contribution is 2.55. The normalized spacial score (nSPS) is 24.5. The number of aromatic nitrogens is 1. The van der Waals surface area contributed by atoms with Crippen molar-refractivity contribution in [1.29, 1.82) is 0 Å². The predicted octanol–water partition coefficient (Wildman–Crippen LogP) is 3.92. The van der Waals surface area contributed by atoms with Gasteiger partial charge in [0.2, 0.25) is 5.82 Å². The molecule has 1 aromatic carbocycles. The molecule has 1 aliphatic rings. The average molecular weight is 538 g/mol. The van der Waals surface area contributed by atoms with Crippen molar-refractivity contribution in [3.05, 3.63) is 53.4 Å². The van der Waals surface area contributed by atoms with Gasteiger partial charge in [0.15, 0.2) is 17.2 Å². The van der Waals surface area contributed by atoms with E-state index >= 15 is 0 Å². The monoisotopic (exact) mass is 538 g/mol. The van der Waals surface area contributed by atoms with Crippen LogP contribution in [-0.2, 0) is 30.4 Å². The van der Waals surface area contributed by atoms with E-state index in [1.54, 1.807) is 0 Å². The Morgan fingerprint density at radius 3 is 2.50 bits per heavy atom. The van der Waals surface area contributed by atoms with Crippen LogP contribution in [0.3, 0.4) is 0 Å². The van der Waals surface area contributed by atoms with Gasteiger partial charge in [0, 0.05) is 29.3 Å². The Morgan fingerprint density at radius 1 is 1.25 bits per heavy atom. The van der Waals surface area contributed by atoms with Crippen LogP contribution in [0.5, 0.6) is 5.75 Å². The van der Waals surface area contributed by atoms with E-state index in [1.807, 2.05) is 0 Å². The molecular formula is C22H23F5N2O6S. The predicted molar refractivity (Wildman–Crippen MR) is 117 cm³/mol. The molecule has 3 rings (SSSR count). The molecule has 198 valence electrons. The minimum absolute atomic E-state index is 0.0648. The maximum atomic E-state index is 14.4. The minimum Gasteiger partial charge on any atom is -0.493 e. The minimum atomic E-state index is -4.90. The molecule has 0 radical (unpaired) electrons. The first-order chi connectivity index (χ1) is 16.6. The number of rotatable bonds is 7. The van der Waals surface area contributed by atoms with Crippen molar-refractivity contribution in [2.24, 2.45) is 5.92 Å². The van der Waals surface area contributed by atoms with E-state index in [9.17, 15) is 35.2 Å². The number of ether oxygens (including phenoxy) is 2. The van der Waals surface area contributed by atoms with Crippen molar-refractivity contribution in [3.63, 3.8) is 0 Å². The van der Waals surface area contributed by atoms with Gasteiger partial charge in [0.1, 0.15) is 12.7 Å². The molecule has 4 atom stereocenters. The van der Waals surface area contributed by atoms with E-state index in [4.69, 9.17) is 9.47 Å². The summed E-state index contributed by atoms with van der Waals surface area (Å²) in [6.07, 6.45) is -4.63. The second-order valence-electron chi connectivity index (χ2n) is 8.43. The fraction of sp³-hybridized carbons (Fsp3) is 0.455. The van der Waals surface area contributed by atoms with Crippen molar-refractivity contribution >= 4 is 21.7 Å². The number of pyridine rings is 1. The van der Waals surface area contributed by atoms with Crippen LogP contribution in [0.1, 0.15) is 31.0 Å². The lowest BCUT2D eigenvalue weighted by Gasteiger charge is -2.32. The molecule has 1 aliphatic heterocycles. The second kappa shape index (κ2) is 9.90. The van der Waals surface area contributed by atoms with Gasteiger partial charge in [-0.25, -0.2) is 4.39 Å². The number of amides is 1. The van der Waals surface area contributed by atoms with Crippen molar-refractivity contribution in [2.75, 3.05) is 18.7 Å². The molecule has 36 heavy (non-hydrogen) atoms. The largest absolute Gasteiger partial charge is 0.493 e. The van der Waals surface area contributed by atoms with Gasteiger partial charge in [-0.15, -0.1) is 0 Å². The van der Waals surface area contributed by atoms with Crippen LogP contribution in [0.25, 0.3) is 0 Å². The topological polar surface area (TPSA) is 104 Å². The molecule has 1 N–H and O–H groups in total. The van der Waals surface area contributed by atoms with Crippen LogP contribution >= 0.6 is 0 Å². The molecule has 0 unspecified atom stereocenters. The number of anilines is 1. The zero-order valence-corrected chi connectivity index (χ0v) is 20.3. The highest BCUT2D eigenvalue weighted by atomic mass is 32.2. The Balaban J connectivity index is 1.99. The number of hydrogen-bond acceptors (Lipinski definition) is 7. The number of methoxy groups -OCH3 is 1. The third kappa shape index (κ3) is 5.44. The van der Waals surface area contributed by atoms with Crippen LogP contribution in [-0.4, -0.2) is 50.6 Å². The summed E-state index contributed by atoms with van der Waals surface area (Å²) in [4.78, 5) is 17.1. The summed E-state index contributed by atoms with van der Waals surface area (Å²) in [5.41, 5.74) is -2.80. The number of nitrogens with zero attached hydrogens (tertiary/aromatic N) is 1. The number of carbonyl (C=O) groups is 1. The van der Waals surface area contributed by atoms with E-state index < -0.39 is 69.7 Å². The van der Waals surface area contributed by atoms with Crippen LogP contribution in [0, 0.1) is 17.6 Å². The molecule has 2 heterocycles. The highest BCUT2D eigenvalue weighted by molar-refractivity contribution is 7.85. The summed E-state index contributed by atoms with van der Waals surface area (Å²) in [5.74, 6) is -7.12. The van der Waals surface area contributed by atoms with Gasteiger partial charge in [0.25, 0.3) is 16.0 Å². The van der Waals surface area contributed by atoms with E-state index in [2.05, 4.69) is 14.5 Å². The molecule has 0 aliphatic carbocycles.